The van der Waals surface area contributed by atoms with Crippen LogP contribution in [0, 0.1) is 0 Å². The maximum absolute atomic E-state index is 12.7. The van der Waals surface area contributed by atoms with Gasteiger partial charge in [0.15, 0.2) is 5.78 Å². The maximum atomic E-state index is 12.7. The summed E-state index contributed by atoms with van der Waals surface area (Å²) in [6, 6.07) is 5.35. The van der Waals surface area contributed by atoms with E-state index >= 15 is 0 Å². The summed E-state index contributed by atoms with van der Waals surface area (Å²) in [5, 5.41) is 12.4. The number of hydrogen-bond donors (Lipinski definition) is 2. The van der Waals surface area contributed by atoms with Gasteiger partial charge in [-0.25, -0.2) is 0 Å². The number of ketones is 1. The minimum Gasteiger partial charge on any atom is -0.490 e. The smallest absolute Gasteiger partial charge is 0.180 e. The lowest BCUT2D eigenvalue weighted by atomic mass is 9.99. The van der Waals surface area contributed by atoms with Crippen LogP contribution in [0.3, 0.4) is 0 Å². The highest BCUT2D eigenvalue weighted by Gasteiger charge is 2.25. The summed E-state index contributed by atoms with van der Waals surface area (Å²) in [5.74, 6) is 0.900. The van der Waals surface area contributed by atoms with E-state index in [0.29, 0.717) is 18.7 Å². The Morgan fingerprint density at radius 2 is 2.29 bits per heavy atom. The molecule has 1 unspecified atom stereocenters. The average Bonchev–Trinajstić information content (AvgIpc) is 2.54. The molecule has 0 fully saturated rings. The van der Waals surface area contributed by atoms with E-state index in [-0.39, 0.29) is 18.4 Å². The van der Waals surface area contributed by atoms with Crippen molar-refractivity contribution in [2.24, 2.45) is 0 Å². The van der Waals surface area contributed by atoms with Crippen LogP contribution in [-0.2, 0) is 0 Å². The number of Topliss-reactive ketones (excluding diaryl/α,β-unsaturated/α-hetero) is 1. The standard InChI is InChI=1S/C16H24N2O3/c1-3-14(18(4-2)8-9-19)16(20)12-5-6-15-13(11-12)17-7-10-21-15/h5-6,11,14,17,19H,3-4,7-10H2,1-2H3. The number of ether oxygens (including phenoxy) is 1. The van der Waals surface area contributed by atoms with Crippen molar-refractivity contribution in [3.05, 3.63) is 23.8 Å². The zero-order valence-corrected chi connectivity index (χ0v) is 12.8. The Morgan fingerprint density at radius 1 is 1.48 bits per heavy atom. The van der Waals surface area contributed by atoms with E-state index in [1.807, 2.05) is 36.9 Å². The number of aliphatic hydroxyl groups excluding tert-OH is 1. The molecule has 0 saturated carbocycles. The van der Waals surface area contributed by atoms with Crippen molar-refractivity contribution in [1.29, 1.82) is 0 Å². The maximum Gasteiger partial charge on any atom is 0.180 e. The minimum atomic E-state index is -0.190. The SMILES string of the molecule is CCC(C(=O)c1ccc2c(c1)NCCO2)N(CC)CCO. The summed E-state index contributed by atoms with van der Waals surface area (Å²) >= 11 is 0. The van der Waals surface area contributed by atoms with Crippen molar-refractivity contribution in [2.45, 2.75) is 26.3 Å². The second-order valence-electron chi connectivity index (χ2n) is 5.13. The van der Waals surface area contributed by atoms with Gasteiger partial charge in [-0.15, -0.1) is 0 Å². The molecule has 0 radical (unpaired) electrons. The van der Waals surface area contributed by atoms with Crippen LogP contribution in [0.1, 0.15) is 30.6 Å². The van der Waals surface area contributed by atoms with E-state index in [0.717, 1.165) is 30.9 Å². The number of nitrogens with zero attached hydrogens (tertiary/aromatic N) is 1. The van der Waals surface area contributed by atoms with Crippen LogP contribution in [0.2, 0.25) is 0 Å². The monoisotopic (exact) mass is 292 g/mol. The fourth-order valence-corrected chi connectivity index (χ4v) is 2.76. The van der Waals surface area contributed by atoms with E-state index in [1.165, 1.54) is 0 Å². The summed E-state index contributed by atoms with van der Waals surface area (Å²) in [5.41, 5.74) is 1.57. The quantitative estimate of drug-likeness (QED) is 0.750. The first-order valence-corrected chi connectivity index (χ1v) is 7.61. The number of aliphatic hydroxyl groups is 1. The number of benzene rings is 1. The molecule has 0 spiro atoms. The molecule has 1 aliphatic heterocycles. The van der Waals surface area contributed by atoms with Gasteiger partial charge in [0.05, 0.1) is 18.3 Å². The Hall–Kier alpha value is -1.59. The summed E-state index contributed by atoms with van der Waals surface area (Å²) < 4.78 is 5.53. The zero-order valence-electron chi connectivity index (χ0n) is 12.8. The number of fused-ring (bicyclic) bond motifs is 1. The first-order valence-electron chi connectivity index (χ1n) is 7.61. The van der Waals surface area contributed by atoms with E-state index in [4.69, 9.17) is 9.84 Å². The first-order chi connectivity index (χ1) is 10.2. The van der Waals surface area contributed by atoms with Crippen molar-refractivity contribution in [2.75, 3.05) is 38.2 Å². The van der Waals surface area contributed by atoms with E-state index in [2.05, 4.69) is 5.32 Å². The van der Waals surface area contributed by atoms with Gasteiger partial charge in [-0.05, 0) is 31.2 Å². The Labute approximate surface area is 125 Å². The molecule has 5 nitrogen and oxygen atoms in total. The van der Waals surface area contributed by atoms with Gasteiger partial charge in [-0.2, -0.15) is 0 Å². The van der Waals surface area contributed by atoms with E-state index < -0.39 is 0 Å². The molecule has 0 bridgehead atoms. The molecule has 0 aliphatic carbocycles. The number of nitrogens with one attached hydrogen (secondary N) is 1. The van der Waals surface area contributed by atoms with E-state index in [9.17, 15) is 4.79 Å². The van der Waals surface area contributed by atoms with Gasteiger partial charge >= 0.3 is 0 Å². The molecule has 21 heavy (non-hydrogen) atoms. The number of rotatable bonds is 7. The molecule has 1 heterocycles. The Morgan fingerprint density at radius 3 is 2.95 bits per heavy atom. The third kappa shape index (κ3) is 3.54. The second-order valence-corrected chi connectivity index (χ2v) is 5.13. The summed E-state index contributed by atoms with van der Waals surface area (Å²) in [7, 11) is 0. The average molecular weight is 292 g/mol. The van der Waals surface area contributed by atoms with Gasteiger partial charge in [0.25, 0.3) is 0 Å². The highest BCUT2D eigenvalue weighted by atomic mass is 16.5. The number of carbonyl (C=O) groups is 1. The summed E-state index contributed by atoms with van der Waals surface area (Å²) in [6.45, 7) is 6.75. The van der Waals surface area contributed by atoms with Gasteiger partial charge in [-0.1, -0.05) is 13.8 Å². The van der Waals surface area contributed by atoms with Crippen LogP contribution < -0.4 is 10.1 Å². The van der Waals surface area contributed by atoms with Crippen LogP contribution in [0.15, 0.2) is 18.2 Å². The van der Waals surface area contributed by atoms with Crippen molar-refractivity contribution in [3.8, 4) is 5.75 Å². The Kier molecular flexibility index (Phi) is 5.59. The second kappa shape index (κ2) is 7.43. The van der Waals surface area contributed by atoms with Gasteiger partial charge in [0.1, 0.15) is 12.4 Å². The molecule has 1 aromatic carbocycles. The molecule has 5 heteroatoms. The van der Waals surface area contributed by atoms with Crippen molar-refractivity contribution in [1.82, 2.24) is 4.90 Å². The van der Waals surface area contributed by atoms with Gasteiger partial charge < -0.3 is 15.2 Å². The molecule has 0 saturated heterocycles. The van der Waals surface area contributed by atoms with Crippen LogP contribution in [0.4, 0.5) is 5.69 Å². The lowest BCUT2D eigenvalue weighted by Gasteiger charge is -2.28. The Balaban J connectivity index is 2.20. The van der Waals surface area contributed by atoms with Crippen molar-refractivity contribution < 1.29 is 14.6 Å². The lowest BCUT2D eigenvalue weighted by molar-refractivity contribution is 0.0787. The number of hydrogen-bond acceptors (Lipinski definition) is 5. The highest BCUT2D eigenvalue weighted by Crippen LogP contribution is 2.29. The molecule has 116 valence electrons. The predicted molar refractivity (Wildman–Crippen MR) is 83.2 cm³/mol. The predicted octanol–water partition coefficient (Wildman–Crippen LogP) is 1.77. The molecule has 1 aromatic rings. The number of carbonyl (C=O) groups excluding carboxylic acids is 1. The van der Waals surface area contributed by atoms with Crippen LogP contribution in [-0.4, -0.2) is 54.7 Å². The number of likely N-dealkylation sites (N-methyl/N-ethyl adjacent to an activating group) is 1. The van der Waals surface area contributed by atoms with Gasteiger partial charge in [-0.3, -0.25) is 9.69 Å². The Bertz CT molecular complexity index is 490. The van der Waals surface area contributed by atoms with Crippen LogP contribution in [0.25, 0.3) is 0 Å². The zero-order chi connectivity index (χ0) is 15.2. The molecular formula is C16H24N2O3. The molecule has 0 aromatic heterocycles. The van der Waals surface area contributed by atoms with Crippen molar-refractivity contribution in [3.63, 3.8) is 0 Å². The first kappa shape index (κ1) is 15.8. The van der Waals surface area contributed by atoms with E-state index in [1.54, 1.807) is 0 Å². The van der Waals surface area contributed by atoms with Crippen LogP contribution in [0.5, 0.6) is 5.75 Å². The van der Waals surface area contributed by atoms with Crippen LogP contribution >= 0.6 is 0 Å². The molecule has 1 aliphatic rings. The van der Waals surface area contributed by atoms with Gasteiger partial charge in [0, 0.05) is 18.7 Å². The molecular weight excluding hydrogens is 268 g/mol. The number of anilines is 1. The fourth-order valence-electron chi connectivity index (χ4n) is 2.76. The topological polar surface area (TPSA) is 61.8 Å². The largest absolute Gasteiger partial charge is 0.490 e. The highest BCUT2D eigenvalue weighted by molar-refractivity contribution is 6.01. The fraction of sp³-hybridized carbons (Fsp3) is 0.562. The van der Waals surface area contributed by atoms with Gasteiger partial charge in [0.2, 0.25) is 0 Å². The molecule has 0 amide bonds. The molecule has 2 N–H and O–H groups in total. The third-order valence-corrected chi connectivity index (χ3v) is 3.86. The normalized spacial score (nSPS) is 15.0. The third-order valence-electron chi connectivity index (χ3n) is 3.86. The minimum absolute atomic E-state index is 0.0667. The lowest BCUT2D eigenvalue weighted by Crippen LogP contribution is -2.42. The van der Waals surface area contributed by atoms with Crippen molar-refractivity contribution >= 4 is 11.5 Å². The summed E-state index contributed by atoms with van der Waals surface area (Å²) in [6.07, 6.45) is 0.730. The molecule has 1 atom stereocenters. The molecule has 2 rings (SSSR count). The summed E-state index contributed by atoms with van der Waals surface area (Å²) in [4.78, 5) is 14.8.